The first kappa shape index (κ1) is 13.2. The normalized spacial score (nSPS) is 24.2. The summed E-state index contributed by atoms with van der Waals surface area (Å²) in [5.41, 5.74) is 0. The molecule has 1 heterocycles. The molecule has 0 aromatic heterocycles. The van der Waals surface area contributed by atoms with Crippen molar-refractivity contribution in [1.29, 1.82) is 0 Å². The second-order valence-corrected chi connectivity index (χ2v) is 5.91. The molecule has 1 aliphatic heterocycles. The molecule has 1 rings (SSSR count). The molecule has 1 aliphatic rings. The smallest absolute Gasteiger partial charge is 0.224 e. The lowest BCUT2D eigenvalue weighted by Crippen LogP contribution is -2.41. The Balaban J connectivity index is 2.38. The molecule has 0 aromatic rings. The lowest BCUT2D eigenvalue weighted by molar-refractivity contribution is -0.124. The van der Waals surface area contributed by atoms with Gasteiger partial charge in [0.1, 0.15) is 0 Å². The van der Waals surface area contributed by atoms with E-state index in [9.17, 15) is 13.2 Å². The number of nitrogens with one attached hydrogen (secondary N) is 2. The maximum Gasteiger partial charge on any atom is 0.224 e. The number of carbonyl (C=O) groups excluding carboxylic acids is 1. The maximum absolute atomic E-state index is 11.6. The summed E-state index contributed by atoms with van der Waals surface area (Å²) in [6.45, 7) is 5.20. The summed E-state index contributed by atoms with van der Waals surface area (Å²) in [6, 6.07) is -0.374. The van der Waals surface area contributed by atoms with E-state index in [0.29, 0.717) is 6.54 Å². The second-order valence-electron chi connectivity index (χ2n) is 3.98. The molecule has 0 fully saturated rings. The minimum absolute atomic E-state index is 0.0212. The summed E-state index contributed by atoms with van der Waals surface area (Å²) >= 11 is 0. The summed E-state index contributed by atoms with van der Waals surface area (Å²) in [4.78, 5) is 11.6. The second kappa shape index (κ2) is 5.45. The molecule has 0 radical (unpaired) electrons. The lowest BCUT2D eigenvalue weighted by atomic mass is 10.1. The molecule has 0 saturated carbocycles. The monoisotopic (exact) mass is 246 g/mol. The van der Waals surface area contributed by atoms with Crippen LogP contribution in [0, 0.1) is 5.92 Å². The van der Waals surface area contributed by atoms with Crippen molar-refractivity contribution in [3.63, 3.8) is 0 Å². The quantitative estimate of drug-likeness (QED) is 0.696. The Morgan fingerprint density at radius 3 is 2.75 bits per heavy atom. The van der Waals surface area contributed by atoms with Gasteiger partial charge in [-0.2, -0.15) is 0 Å². The van der Waals surface area contributed by atoms with Crippen LogP contribution in [0.3, 0.4) is 0 Å². The Bertz CT molecular complexity index is 376. The highest BCUT2D eigenvalue weighted by molar-refractivity contribution is 7.94. The van der Waals surface area contributed by atoms with E-state index in [1.807, 2.05) is 13.8 Å². The molecule has 5 nitrogen and oxygen atoms in total. The Labute approximate surface area is 96.2 Å². The van der Waals surface area contributed by atoms with Crippen molar-refractivity contribution >= 4 is 15.7 Å². The molecule has 0 saturated heterocycles. The van der Waals surface area contributed by atoms with Crippen LogP contribution >= 0.6 is 0 Å². The van der Waals surface area contributed by atoms with Gasteiger partial charge < -0.3 is 10.6 Å². The molecule has 6 heteroatoms. The van der Waals surface area contributed by atoms with E-state index >= 15 is 0 Å². The van der Waals surface area contributed by atoms with Gasteiger partial charge in [-0.3, -0.25) is 4.79 Å². The fourth-order valence-corrected chi connectivity index (χ4v) is 2.68. The fourth-order valence-electron chi connectivity index (χ4n) is 1.44. The van der Waals surface area contributed by atoms with Gasteiger partial charge in [-0.1, -0.05) is 13.8 Å². The molecule has 2 unspecified atom stereocenters. The number of hydrogen-bond donors (Lipinski definition) is 2. The van der Waals surface area contributed by atoms with Gasteiger partial charge in [0.15, 0.2) is 9.84 Å². The maximum atomic E-state index is 11.6. The summed E-state index contributed by atoms with van der Waals surface area (Å²) in [5, 5.41) is 6.93. The SMILES string of the molecule is CCNCC(C)C(=O)NC1C=CS(=O)(=O)C1. The predicted molar refractivity (Wildman–Crippen MR) is 62.6 cm³/mol. The standard InChI is InChI=1S/C10H18N2O3S/c1-3-11-6-8(2)10(13)12-9-4-5-16(14,15)7-9/h4-5,8-9,11H,3,6-7H2,1-2H3,(H,12,13). The lowest BCUT2D eigenvalue weighted by Gasteiger charge is -2.15. The van der Waals surface area contributed by atoms with E-state index in [0.717, 1.165) is 12.0 Å². The van der Waals surface area contributed by atoms with Gasteiger partial charge in [0.05, 0.1) is 11.8 Å². The Hall–Kier alpha value is -0.880. The van der Waals surface area contributed by atoms with Crippen molar-refractivity contribution in [1.82, 2.24) is 10.6 Å². The van der Waals surface area contributed by atoms with E-state index in [2.05, 4.69) is 10.6 Å². The van der Waals surface area contributed by atoms with E-state index in [4.69, 9.17) is 0 Å². The number of sulfone groups is 1. The molecule has 92 valence electrons. The van der Waals surface area contributed by atoms with Crippen molar-refractivity contribution in [2.45, 2.75) is 19.9 Å². The summed E-state index contributed by atoms with van der Waals surface area (Å²) in [7, 11) is -3.09. The summed E-state index contributed by atoms with van der Waals surface area (Å²) in [6.07, 6.45) is 1.52. The number of hydrogen-bond acceptors (Lipinski definition) is 4. The number of amides is 1. The van der Waals surface area contributed by atoms with Gasteiger partial charge in [-0.05, 0) is 12.6 Å². The first-order chi connectivity index (χ1) is 7.44. The largest absolute Gasteiger partial charge is 0.349 e. The van der Waals surface area contributed by atoms with Crippen LogP contribution in [-0.2, 0) is 14.6 Å². The van der Waals surface area contributed by atoms with Crippen LogP contribution in [0.4, 0.5) is 0 Å². The Kier molecular flexibility index (Phi) is 4.49. The van der Waals surface area contributed by atoms with Crippen LogP contribution in [0.1, 0.15) is 13.8 Å². The van der Waals surface area contributed by atoms with Crippen LogP contribution in [0.25, 0.3) is 0 Å². The number of rotatable bonds is 5. The van der Waals surface area contributed by atoms with Crippen molar-refractivity contribution in [3.05, 3.63) is 11.5 Å². The number of carbonyl (C=O) groups is 1. The van der Waals surface area contributed by atoms with E-state index in [-0.39, 0.29) is 23.6 Å². The van der Waals surface area contributed by atoms with Crippen LogP contribution in [0.5, 0.6) is 0 Å². The third kappa shape index (κ3) is 3.94. The van der Waals surface area contributed by atoms with Gasteiger partial charge in [-0.25, -0.2) is 8.42 Å². The van der Waals surface area contributed by atoms with E-state index in [1.165, 1.54) is 6.08 Å². The average Bonchev–Trinajstić information content (AvgIpc) is 2.54. The zero-order valence-corrected chi connectivity index (χ0v) is 10.4. The van der Waals surface area contributed by atoms with Crippen molar-refractivity contribution in [3.8, 4) is 0 Å². The molecule has 0 aromatic carbocycles. The minimum Gasteiger partial charge on any atom is -0.349 e. The van der Waals surface area contributed by atoms with Gasteiger partial charge in [0.25, 0.3) is 0 Å². The molecule has 2 N–H and O–H groups in total. The van der Waals surface area contributed by atoms with Crippen molar-refractivity contribution in [2.24, 2.45) is 5.92 Å². The van der Waals surface area contributed by atoms with Crippen LogP contribution in [0.2, 0.25) is 0 Å². The molecule has 1 amide bonds. The minimum atomic E-state index is -3.09. The molecule has 0 spiro atoms. The van der Waals surface area contributed by atoms with Crippen LogP contribution in [-0.4, -0.2) is 39.2 Å². The van der Waals surface area contributed by atoms with Gasteiger partial charge in [0, 0.05) is 17.9 Å². The van der Waals surface area contributed by atoms with Crippen molar-refractivity contribution < 1.29 is 13.2 Å². The molecule has 16 heavy (non-hydrogen) atoms. The third-order valence-electron chi connectivity index (χ3n) is 2.41. The average molecular weight is 246 g/mol. The van der Waals surface area contributed by atoms with Crippen molar-refractivity contribution in [2.75, 3.05) is 18.8 Å². The molecule has 0 aliphatic carbocycles. The van der Waals surface area contributed by atoms with Gasteiger partial charge in [-0.15, -0.1) is 0 Å². The first-order valence-electron chi connectivity index (χ1n) is 5.36. The predicted octanol–water partition coefficient (Wildman–Crippen LogP) is -0.341. The molecule has 0 bridgehead atoms. The Morgan fingerprint density at radius 1 is 1.56 bits per heavy atom. The highest BCUT2D eigenvalue weighted by atomic mass is 32.2. The first-order valence-corrected chi connectivity index (χ1v) is 7.08. The fraction of sp³-hybridized carbons (Fsp3) is 0.700. The molecular weight excluding hydrogens is 228 g/mol. The topological polar surface area (TPSA) is 75.3 Å². The third-order valence-corrected chi connectivity index (χ3v) is 3.80. The highest BCUT2D eigenvalue weighted by Crippen LogP contribution is 2.08. The van der Waals surface area contributed by atoms with Crippen LogP contribution in [0.15, 0.2) is 11.5 Å². The molecule has 2 atom stereocenters. The van der Waals surface area contributed by atoms with E-state index < -0.39 is 9.84 Å². The van der Waals surface area contributed by atoms with Gasteiger partial charge in [0.2, 0.25) is 5.91 Å². The Morgan fingerprint density at radius 2 is 2.25 bits per heavy atom. The van der Waals surface area contributed by atoms with Gasteiger partial charge >= 0.3 is 0 Å². The summed E-state index contributed by atoms with van der Waals surface area (Å²) < 4.78 is 22.2. The summed E-state index contributed by atoms with van der Waals surface area (Å²) in [5.74, 6) is -0.295. The van der Waals surface area contributed by atoms with E-state index in [1.54, 1.807) is 0 Å². The molecular formula is C10H18N2O3S. The zero-order chi connectivity index (χ0) is 12.2. The van der Waals surface area contributed by atoms with Crippen LogP contribution < -0.4 is 10.6 Å². The highest BCUT2D eigenvalue weighted by Gasteiger charge is 2.24. The zero-order valence-electron chi connectivity index (χ0n) is 9.56.